The van der Waals surface area contributed by atoms with E-state index in [0.717, 1.165) is 12.1 Å². The van der Waals surface area contributed by atoms with Crippen LogP contribution in [0.3, 0.4) is 0 Å². The zero-order chi connectivity index (χ0) is 15.8. The number of carbonyl (C=O) groups is 1. The number of anilines is 1. The first-order valence-corrected chi connectivity index (χ1v) is 6.77. The predicted molar refractivity (Wildman–Crippen MR) is 79.6 cm³/mol. The van der Waals surface area contributed by atoms with Crippen molar-refractivity contribution < 1.29 is 9.72 Å². The Balaban J connectivity index is 2.24. The van der Waals surface area contributed by atoms with Crippen LogP contribution in [0.2, 0.25) is 0 Å². The van der Waals surface area contributed by atoms with Crippen LogP contribution in [-0.4, -0.2) is 46.3 Å². The van der Waals surface area contributed by atoms with Crippen LogP contribution >= 0.6 is 0 Å². The number of amides is 1. The van der Waals surface area contributed by atoms with E-state index in [0.29, 0.717) is 13.1 Å². The van der Waals surface area contributed by atoms with Crippen LogP contribution < -0.4 is 5.73 Å². The smallest absolute Gasteiger partial charge is 0.292 e. The molecule has 0 aromatic heterocycles. The average molecular weight is 292 g/mol. The number of piperazine rings is 1. The van der Waals surface area contributed by atoms with Crippen LogP contribution in [0.5, 0.6) is 0 Å². The average Bonchev–Trinajstić information content (AvgIpc) is 2.41. The maximum absolute atomic E-state index is 12.2. The summed E-state index contributed by atoms with van der Waals surface area (Å²) in [6, 6.07) is 4.79. The molecule has 21 heavy (non-hydrogen) atoms. The Morgan fingerprint density at radius 3 is 2.67 bits per heavy atom. The minimum Gasteiger partial charge on any atom is -0.393 e. The van der Waals surface area contributed by atoms with Crippen molar-refractivity contribution in [3.8, 4) is 0 Å². The number of likely N-dealkylation sites (N-methyl/N-ethyl adjacent to an activating group) is 1. The van der Waals surface area contributed by atoms with Gasteiger partial charge in [-0.05, 0) is 25.5 Å². The van der Waals surface area contributed by atoms with Gasteiger partial charge in [0.15, 0.2) is 0 Å². The van der Waals surface area contributed by atoms with Crippen LogP contribution in [0.1, 0.15) is 19.4 Å². The molecule has 1 aromatic carbocycles. The number of benzene rings is 1. The third-order valence-corrected chi connectivity index (χ3v) is 4.03. The number of nitrogen functional groups attached to an aromatic ring is 1. The van der Waals surface area contributed by atoms with E-state index in [1.807, 2.05) is 18.7 Å². The van der Waals surface area contributed by atoms with Crippen molar-refractivity contribution in [3.63, 3.8) is 0 Å². The lowest BCUT2D eigenvalue weighted by Crippen LogP contribution is -2.61. The van der Waals surface area contributed by atoms with E-state index in [9.17, 15) is 14.9 Å². The van der Waals surface area contributed by atoms with E-state index < -0.39 is 10.5 Å². The molecule has 7 heteroatoms. The molecule has 1 saturated heterocycles. The lowest BCUT2D eigenvalue weighted by atomic mass is 9.97. The highest BCUT2D eigenvalue weighted by atomic mass is 16.6. The molecule has 2 N–H and O–H groups in total. The van der Waals surface area contributed by atoms with Crippen LogP contribution in [-0.2, 0) is 11.3 Å². The third-order valence-electron chi connectivity index (χ3n) is 4.03. The van der Waals surface area contributed by atoms with Gasteiger partial charge in [0.1, 0.15) is 5.69 Å². The van der Waals surface area contributed by atoms with Gasteiger partial charge in [-0.2, -0.15) is 0 Å². The van der Waals surface area contributed by atoms with Crippen molar-refractivity contribution in [1.29, 1.82) is 0 Å². The number of rotatable bonds is 3. The monoisotopic (exact) mass is 292 g/mol. The lowest BCUT2D eigenvalue weighted by molar-refractivity contribution is -0.384. The van der Waals surface area contributed by atoms with Gasteiger partial charge in [-0.15, -0.1) is 0 Å². The number of nitrogens with two attached hydrogens (primary N) is 1. The summed E-state index contributed by atoms with van der Waals surface area (Å²) >= 11 is 0. The van der Waals surface area contributed by atoms with E-state index in [-0.39, 0.29) is 17.3 Å². The highest BCUT2D eigenvalue weighted by Gasteiger charge is 2.40. The topological polar surface area (TPSA) is 92.7 Å². The quantitative estimate of drug-likeness (QED) is 0.514. The highest BCUT2D eigenvalue weighted by Crippen LogP contribution is 2.27. The van der Waals surface area contributed by atoms with E-state index >= 15 is 0 Å². The van der Waals surface area contributed by atoms with E-state index in [1.54, 1.807) is 24.1 Å². The van der Waals surface area contributed by atoms with Crippen LogP contribution in [0.15, 0.2) is 18.2 Å². The van der Waals surface area contributed by atoms with E-state index in [1.165, 1.54) is 6.07 Å². The van der Waals surface area contributed by atoms with E-state index in [4.69, 9.17) is 5.73 Å². The SMILES string of the molecule is CN1CCN(Cc2ccc(N)c([N+](=O)[O-])c2)C(C)(C)C1=O. The van der Waals surface area contributed by atoms with Gasteiger partial charge in [0, 0.05) is 32.7 Å². The summed E-state index contributed by atoms with van der Waals surface area (Å²) in [7, 11) is 1.79. The molecule has 1 fully saturated rings. The van der Waals surface area contributed by atoms with Gasteiger partial charge in [0.25, 0.3) is 5.69 Å². The molecule has 1 aliphatic rings. The molecule has 0 radical (unpaired) electrons. The van der Waals surface area contributed by atoms with Crippen LogP contribution in [0.4, 0.5) is 11.4 Å². The minimum atomic E-state index is -0.622. The second kappa shape index (κ2) is 5.33. The molecule has 7 nitrogen and oxygen atoms in total. The summed E-state index contributed by atoms with van der Waals surface area (Å²) in [6.45, 7) is 5.61. The molecular formula is C14H20N4O3. The molecule has 1 heterocycles. The van der Waals surface area contributed by atoms with Gasteiger partial charge in [-0.3, -0.25) is 19.8 Å². The first-order valence-electron chi connectivity index (χ1n) is 6.77. The zero-order valence-corrected chi connectivity index (χ0v) is 12.5. The van der Waals surface area contributed by atoms with Crippen molar-refractivity contribution in [2.45, 2.75) is 25.9 Å². The summed E-state index contributed by atoms with van der Waals surface area (Å²) in [5.41, 5.74) is 5.82. The van der Waals surface area contributed by atoms with E-state index in [2.05, 4.69) is 0 Å². The van der Waals surface area contributed by atoms with Crippen molar-refractivity contribution in [2.24, 2.45) is 0 Å². The first kappa shape index (κ1) is 15.2. The highest BCUT2D eigenvalue weighted by molar-refractivity contribution is 5.86. The van der Waals surface area contributed by atoms with Crippen molar-refractivity contribution >= 4 is 17.3 Å². The fourth-order valence-corrected chi connectivity index (χ4v) is 2.60. The summed E-state index contributed by atoms with van der Waals surface area (Å²) in [4.78, 5) is 26.4. The van der Waals surface area contributed by atoms with Crippen molar-refractivity contribution in [1.82, 2.24) is 9.80 Å². The number of nitro groups is 1. The number of hydrogen-bond acceptors (Lipinski definition) is 5. The second-order valence-electron chi connectivity index (χ2n) is 5.86. The minimum absolute atomic E-state index is 0.0543. The van der Waals surface area contributed by atoms with Gasteiger partial charge in [0.2, 0.25) is 5.91 Å². The number of hydrogen-bond donors (Lipinski definition) is 1. The summed E-state index contributed by atoms with van der Waals surface area (Å²) < 4.78 is 0. The van der Waals surface area contributed by atoms with Gasteiger partial charge in [-0.25, -0.2) is 0 Å². The molecule has 1 aromatic rings. The fourth-order valence-electron chi connectivity index (χ4n) is 2.60. The standard InChI is InChI=1S/C14H20N4O3/c1-14(2)13(19)16(3)6-7-17(14)9-10-4-5-11(15)12(8-10)18(20)21/h4-5,8H,6-7,9,15H2,1-3H3. The third kappa shape index (κ3) is 2.82. The molecule has 0 unspecified atom stereocenters. The van der Waals surface area contributed by atoms with Gasteiger partial charge in [0.05, 0.1) is 10.5 Å². The van der Waals surface area contributed by atoms with Gasteiger partial charge >= 0.3 is 0 Å². The first-order chi connectivity index (χ1) is 9.73. The maximum atomic E-state index is 12.2. The van der Waals surface area contributed by atoms with Crippen LogP contribution in [0.25, 0.3) is 0 Å². The zero-order valence-electron chi connectivity index (χ0n) is 12.5. The molecule has 2 rings (SSSR count). The molecular weight excluding hydrogens is 272 g/mol. The molecule has 0 bridgehead atoms. The molecule has 0 spiro atoms. The Morgan fingerprint density at radius 1 is 1.38 bits per heavy atom. The molecule has 1 aliphatic heterocycles. The number of carbonyl (C=O) groups excluding carboxylic acids is 1. The fraction of sp³-hybridized carbons (Fsp3) is 0.500. The largest absolute Gasteiger partial charge is 0.393 e. The predicted octanol–water partition coefficient (Wildman–Crippen LogP) is 1.23. The Morgan fingerprint density at radius 2 is 2.05 bits per heavy atom. The maximum Gasteiger partial charge on any atom is 0.292 e. The second-order valence-corrected chi connectivity index (χ2v) is 5.86. The molecule has 114 valence electrons. The normalized spacial score (nSPS) is 18.8. The Bertz CT molecular complexity index is 586. The Labute approximate surface area is 123 Å². The number of nitro benzene ring substituents is 1. The van der Waals surface area contributed by atoms with Crippen molar-refractivity contribution in [2.75, 3.05) is 25.9 Å². The molecule has 0 saturated carbocycles. The summed E-state index contributed by atoms with van der Waals surface area (Å²) in [5, 5.41) is 10.9. The Hall–Kier alpha value is -2.15. The van der Waals surface area contributed by atoms with Crippen LogP contribution in [0, 0.1) is 10.1 Å². The summed E-state index contributed by atoms with van der Waals surface area (Å²) in [5.74, 6) is 0.0543. The summed E-state index contributed by atoms with van der Waals surface area (Å²) in [6.07, 6.45) is 0. The van der Waals surface area contributed by atoms with Gasteiger partial charge in [-0.1, -0.05) is 6.07 Å². The Kier molecular flexibility index (Phi) is 3.87. The lowest BCUT2D eigenvalue weighted by Gasteiger charge is -2.44. The van der Waals surface area contributed by atoms with Crippen molar-refractivity contribution in [3.05, 3.63) is 33.9 Å². The molecule has 0 aliphatic carbocycles. The number of nitrogens with zero attached hydrogens (tertiary/aromatic N) is 3. The van der Waals surface area contributed by atoms with Gasteiger partial charge < -0.3 is 10.6 Å². The molecule has 0 atom stereocenters. The molecule has 1 amide bonds.